The van der Waals surface area contributed by atoms with Gasteiger partial charge < -0.3 is 40.0 Å². The summed E-state index contributed by atoms with van der Waals surface area (Å²) < 4.78 is 69.5. The first kappa shape index (κ1) is 46.9. The Kier molecular flexibility index (Phi) is 15.4. The van der Waals surface area contributed by atoms with Crippen molar-refractivity contribution in [2.45, 2.75) is 68.8 Å². The van der Waals surface area contributed by atoms with Crippen LogP contribution in [0.5, 0.6) is 5.75 Å². The molecule has 0 unspecified atom stereocenters. The van der Waals surface area contributed by atoms with E-state index in [9.17, 15) is 31.2 Å². The van der Waals surface area contributed by atoms with Gasteiger partial charge >= 0.3 is 6.18 Å². The summed E-state index contributed by atoms with van der Waals surface area (Å²) >= 11 is 13.3. The molecule has 0 bridgehead atoms. The first-order chi connectivity index (χ1) is 27.0. The number of hydrogen-bond acceptors (Lipinski definition) is 10. The maximum absolute atomic E-state index is 14.2. The molecular formula is C38H50Cl2F3N7O7S. The molecule has 0 radical (unpaired) electrons. The highest BCUT2D eigenvalue weighted by Crippen LogP contribution is 2.35. The Labute approximate surface area is 346 Å². The van der Waals surface area contributed by atoms with Crippen LogP contribution in [0.15, 0.2) is 41.3 Å². The van der Waals surface area contributed by atoms with Crippen LogP contribution in [0.1, 0.15) is 42.5 Å². The lowest BCUT2D eigenvalue weighted by Gasteiger charge is -2.43. The summed E-state index contributed by atoms with van der Waals surface area (Å²) in [5.74, 6) is -2.94. The monoisotopic (exact) mass is 875 g/mol. The summed E-state index contributed by atoms with van der Waals surface area (Å²) in [6, 6.07) is 9.83. The minimum absolute atomic E-state index is 0.0861. The van der Waals surface area contributed by atoms with E-state index in [0.717, 1.165) is 34.1 Å². The maximum atomic E-state index is 14.2. The first-order valence-corrected chi connectivity index (χ1v) is 20.8. The third kappa shape index (κ3) is 11.9. The minimum Gasteiger partial charge on any atom is -0.542 e. The number of quaternary nitrogens is 1. The number of nitrogens with zero attached hydrogens (tertiary/aromatic N) is 4. The number of carbonyl (C=O) groups excluding carboxylic acids is 3. The molecule has 3 heterocycles. The fourth-order valence-electron chi connectivity index (χ4n) is 6.84. The van der Waals surface area contributed by atoms with Crippen molar-refractivity contribution in [3.63, 3.8) is 0 Å². The Morgan fingerprint density at radius 3 is 2.24 bits per heavy atom. The molecular weight excluding hydrogens is 826 g/mol. The van der Waals surface area contributed by atoms with Crippen LogP contribution in [0.25, 0.3) is 10.9 Å². The molecule has 2 amide bonds. The number of nitrogens with two attached hydrogens (primary N) is 1. The number of benzene rings is 2. The number of aryl methyl sites for hydroxylation is 2. The smallest absolute Gasteiger partial charge is 0.430 e. The van der Waals surface area contributed by atoms with Crippen LogP contribution in [-0.2, 0) is 31.0 Å². The Bertz CT molecular complexity index is 2090. The predicted molar refractivity (Wildman–Crippen MR) is 211 cm³/mol. The van der Waals surface area contributed by atoms with E-state index < -0.39 is 33.7 Å². The summed E-state index contributed by atoms with van der Waals surface area (Å²) in [5.41, 5.74) is 7.73. The SMILES string of the molecule is Cc1cc(C)c2cccc(OCc3c(Cl)ccc(S(=O)(=O)NC4(C(=O)N5CCN(C(=O)[C@@H](N)CCC[N+](C)(C)C)CC5)CCNCC4)c3Cl)c2n1.O=C([O-])C(F)(F)F. The van der Waals surface area contributed by atoms with Gasteiger partial charge in [0.1, 0.15) is 34.3 Å². The van der Waals surface area contributed by atoms with Gasteiger partial charge in [0, 0.05) is 47.8 Å². The number of fused-ring (bicyclic) bond motifs is 1. The summed E-state index contributed by atoms with van der Waals surface area (Å²) in [4.78, 5) is 43.9. The van der Waals surface area contributed by atoms with Gasteiger partial charge in [-0.25, -0.2) is 13.4 Å². The average Bonchev–Trinajstić information content (AvgIpc) is 3.13. The second kappa shape index (κ2) is 19.1. The predicted octanol–water partition coefficient (Wildman–Crippen LogP) is 2.92. The number of sulfonamides is 1. The van der Waals surface area contributed by atoms with Crippen molar-refractivity contribution in [1.82, 2.24) is 24.8 Å². The van der Waals surface area contributed by atoms with E-state index in [2.05, 4.69) is 36.2 Å². The van der Waals surface area contributed by atoms with E-state index in [1.165, 1.54) is 12.1 Å². The number of piperidine rings is 1. The van der Waals surface area contributed by atoms with Crippen molar-refractivity contribution >= 4 is 61.9 Å². The zero-order chi connectivity index (χ0) is 43.2. The van der Waals surface area contributed by atoms with E-state index in [0.29, 0.717) is 49.4 Å². The number of hydrogen-bond donors (Lipinski definition) is 3. The molecule has 14 nitrogen and oxygen atoms in total. The van der Waals surface area contributed by atoms with Gasteiger partial charge in [0.2, 0.25) is 21.8 Å². The number of nitrogens with one attached hydrogen (secondary N) is 2. The van der Waals surface area contributed by atoms with E-state index in [4.69, 9.17) is 43.6 Å². The molecule has 1 atom stereocenters. The fraction of sp³-hybridized carbons (Fsp3) is 0.526. The Balaban J connectivity index is 0.000000973. The summed E-state index contributed by atoms with van der Waals surface area (Å²) in [6.07, 6.45) is -3.28. The van der Waals surface area contributed by atoms with Gasteiger partial charge in [-0.05, 0) is 82.4 Å². The van der Waals surface area contributed by atoms with Crippen LogP contribution in [0.4, 0.5) is 13.2 Å². The van der Waals surface area contributed by atoms with Crippen LogP contribution in [0.2, 0.25) is 10.0 Å². The number of piperazine rings is 1. The quantitative estimate of drug-likeness (QED) is 0.229. The lowest BCUT2D eigenvalue weighted by atomic mass is 9.87. The molecule has 20 heteroatoms. The number of amides is 2. The molecule has 320 valence electrons. The zero-order valence-electron chi connectivity index (χ0n) is 33.0. The van der Waals surface area contributed by atoms with E-state index in [1.807, 2.05) is 32.0 Å². The van der Waals surface area contributed by atoms with Crippen LogP contribution in [0, 0.1) is 13.8 Å². The summed E-state index contributed by atoms with van der Waals surface area (Å²) in [5, 5.41) is 13.1. The molecule has 0 aliphatic carbocycles. The van der Waals surface area contributed by atoms with Gasteiger partial charge in [-0.15, -0.1) is 0 Å². The van der Waals surface area contributed by atoms with E-state index in [1.54, 1.807) is 15.9 Å². The van der Waals surface area contributed by atoms with Crippen molar-refractivity contribution in [3.05, 3.63) is 63.3 Å². The van der Waals surface area contributed by atoms with Gasteiger partial charge in [-0.1, -0.05) is 35.3 Å². The first-order valence-electron chi connectivity index (χ1n) is 18.6. The number of carboxylic acid groups (broad SMARTS) is 1. The number of rotatable bonds is 12. The van der Waals surface area contributed by atoms with Crippen LogP contribution < -0.4 is 25.6 Å². The number of pyridine rings is 1. The number of ether oxygens (including phenoxy) is 1. The molecule has 0 spiro atoms. The highest BCUT2D eigenvalue weighted by Gasteiger charge is 2.46. The molecule has 3 aromatic rings. The van der Waals surface area contributed by atoms with Crippen molar-refractivity contribution in [2.24, 2.45) is 5.73 Å². The summed E-state index contributed by atoms with van der Waals surface area (Å²) in [6.45, 7) is 6.81. The largest absolute Gasteiger partial charge is 0.542 e. The summed E-state index contributed by atoms with van der Waals surface area (Å²) in [7, 11) is 1.98. The Morgan fingerprint density at radius 1 is 1.05 bits per heavy atom. The minimum atomic E-state index is -5.19. The third-order valence-corrected chi connectivity index (χ3v) is 12.4. The molecule has 2 fully saturated rings. The van der Waals surface area contributed by atoms with Gasteiger partial charge in [-0.2, -0.15) is 17.9 Å². The number of alkyl halides is 3. The Hall–Kier alpha value is -3.78. The van der Waals surface area contributed by atoms with Gasteiger partial charge in [0.05, 0.1) is 38.8 Å². The average molecular weight is 877 g/mol. The van der Waals surface area contributed by atoms with Crippen LogP contribution >= 0.6 is 23.2 Å². The second-order valence-electron chi connectivity index (χ2n) is 15.5. The number of aliphatic carboxylic acids is 1. The lowest BCUT2D eigenvalue weighted by Crippen LogP contribution is -2.65. The molecule has 4 N–H and O–H groups in total. The van der Waals surface area contributed by atoms with Gasteiger partial charge in [0.25, 0.3) is 0 Å². The number of aromatic nitrogens is 1. The van der Waals surface area contributed by atoms with Crippen molar-refractivity contribution in [2.75, 3.05) is 67.0 Å². The zero-order valence-corrected chi connectivity index (χ0v) is 35.4. The number of halogens is 5. The molecule has 2 aromatic carbocycles. The highest BCUT2D eigenvalue weighted by molar-refractivity contribution is 7.89. The Morgan fingerprint density at radius 2 is 1.66 bits per heavy atom. The molecule has 58 heavy (non-hydrogen) atoms. The van der Waals surface area contributed by atoms with E-state index in [-0.39, 0.29) is 59.3 Å². The van der Waals surface area contributed by atoms with Crippen LogP contribution in [-0.4, -0.2) is 130 Å². The number of carboxylic acids is 1. The van der Waals surface area contributed by atoms with Crippen molar-refractivity contribution in [1.29, 1.82) is 0 Å². The number of carbonyl (C=O) groups is 3. The lowest BCUT2D eigenvalue weighted by molar-refractivity contribution is -0.870. The van der Waals surface area contributed by atoms with Crippen molar-refractivity contribution in [3.8, 4) is 5.75 Å². The topological polar surface area (TPSA) is 187 Å². The molecule has 2 saturated heterocycles. The second-order valence-corrected chi connectivity index (χ2v) is 17.9. The maximum Gasteiger partial charge on any atom is 0.430 e. The normalized spacial score (nSPS) is 16.7. The molecule has 1 aromatic heterocycles. The molecule has 2 aliphatic rings. The molecule has 2 aliphatic heterocycles. The molecule has 5 rings (SSSR count). The number of para-hydroxylation sites is 1. The van der Waals surface area contributed by atoms with Gasteiger partial charge in [-0.3, -0.25) is 9.59 Å². The van der Waals surface area contributed by atoms with Crippen LogP contribution in [0.3, 0.4) is 0 Å². The van der Waals surface area contributed by atoms with Gasteiger partial charge in [0.15, 0.2) is 0 Å². The standard InChI is InChI=1S/C36H50Cl2N7O5S.C2HF3O2/c1-24-22-25(2)41-33-26(24)8-6-10-30(33)50-23-27-28(37)11-12-31(32(27)38)51(48,49)42-36(13-15-40-16-14-36)35(47)44-19-17-43(18-20-44)34(46)29(39)9-7-21-45(3,4)5;3-2(4,5)1(6)7/h6,8,10-12,22,29,40,42H,7,9,13-21,23,39H2,1-5H3;(H,6,7)/q+1;/p-1/t29-;/m0./s1. The highest BCUT2D eigenvalue weighted by atomic mass is 35.5. The van der Waals surface area contributed by atoms with Crippen molar-refractivity contribution < 1.29 is 50.3 Å². The third-order valence-electron chi connectivity index (χ3n) is 9.92. The van der Waals surface area contributed by atoms with E-state index >= 15 is 0 Å². The molecule has 0 saturated carbocycles. The fourth-order valence-corrected chi connectivity index (χ4v) is 9.15.